The molecule has 0 bridgehead atoms. The molecule has 1 heterocycles. The molecule has 4 heteroatoms. The first-order valence-electron chi connectivity index (χ1n) is 5.10. The van der Waals surface area contributed by atoms with E-state index in [1.807, 2.05) is 0 Å². The van der Waals surface area contributed by atoms with Gasteiger partial charge in [0.25, 0.3) is 0 Å². The fourth-order valence-corrected chi connectivity index (χ4v) is 1.47. The van der Waals surface area contributed by atoms with Crippen molar-refractivity contribution in [3.63, 3.8) is 0 Å². The Morgan fingerprint density at radius 1 is 1.20 bits per heavy atom. The Labute approximate surface area is 89.6 Å². The lowest BCUT2D eigenvalue weighted by molar-refractivity contribution is 0.411. The van der Waals surface area contributed by atoms with Gasteiger partial charge in [0.15, 0.2) is 12.5 Å². The summed E-state index contributed by atoms with van der Waals surface area (Å²) in [5, 5.41) is 3.78. The molecule has 1 aromatic heterocycles. The second-order valence-corrected chi connectivity index (χ2v) is 3.92. The molecule has 0 N–H and O–H groups in total. The molecular formula is C11H13BN2O. The summed E-state index contributed by atoms with van der Waals surface area (Å²) in [6, 6.07) is 8.54. The first-order chi connectivity index (χ1) is 7.25. The minimum Gasteiger partial charge on any atom is -0.343 e. The molecule has 0 amide bonds. The van der Waals surface area contributed by atoms with Crippen molar-refractivity contribution in [2.45, 2.75) is 20.1 Å². The second-order valence-electron chi connectivity index (χ2n) is 3.92. The van der Waals surface area contributed by atoms with E-state index < -0.39 is 0 Å². The Morgan fingerprint density at radius 2 is 1.93 bits per heavy atom. The van der Waals surface area contributed by atoms with Crippen LogP contribution in [0, 0.1) is 0 Å². The highest BCUT2D eigenvalue weighted by Gasteiger charge is 2.04. The number of hydrogen-bond acceptors (Lipinski definition) is 3. The molecule has 15 heavy (non-hydrogen) atoms. The highest BCUT2D eigenvalue weighted by Crippen LogP contribution is 2.04. The fraction of sp³-hybridized carbons (Fsp3) is 0.273. The number of benzene rings is 1. The first kappa shape index (κ1) is 9.96. The van der Waals surface area contributed by atoms with Gasteiger partial charge in [0.05, 0.1) is 0 Å². The van der Waals surface area contributed by atoms with Gasteiger partial charge in [-0.15, -0.1) is 0 Å². The van der Waals surface area contributed by atoms with Gasteiger partial charge in [-0.3, -0.25) is 0 Å². The van der Waals surface area contributed by atoms with Crippen LogP contribution in [-0.4, -0.2) is 16.9 Å². The molecule has 1 aromatic carbocycles. The average Bonchev–Trinajstić information content (AvgIpc) is 2.71. The zero-order chi connectivity index (χ0) is 10.7. The monoisotopic (exact) mass is 200 g/mol. The zero-order valence-corrected chi connectivity index (χ0v) is 8.97. The smallest absolute Gasteiger partial charge is 0.213 e. The number of aromatic nitrogens is 2. The van der Waals surface area contributed by atoms with E-state index >= 15 is 0 Å². The maximum absolute atomic E-state index is 4.69. The highest BCUT2D eigenvalue weighted by atomic mass is 16.5. The van der Waals surface area contributed by atoms with Gasteiger partial charge in [-0.2, -0.15) is 4.98 Å². The van der Waals surface area contributed by atoms with Gasteiger partial charge in [0.1, 0.15) is 0 Å². The predicted molar refractivity (Wildman–Crippen MR) is 60.7 cm³/mol. The molecule has 0 aliphatic rings. The van der Waals surface area contributed by atoms with Gasteiger partial charge < -0.3 is 4.52 Å². The molecule has 76 valence electrons. The third-order valence-electron chi connectivity index (χ3n) is 2.42. The van der Waals surface area contributed by atoms with Gasteiger partial charge >= 0.3 is 0 Å². The van der Waals surface area contributed by atoms with Crippen molar-refractivity contribution in [3.8, 4) is 0 Å². The summed E-state index contributed by atoms with van der Waals surface area (Å²) in [6.07, 6.45) is 2.09. The van der Waals surface area contributed by atoms with Crippen LogP contribution in [0.25, 0.3) is 0 Å². The van der Waals surface area contributed by atoms with Crippen LogP contribution in [0.3, 0.4) is 0 Å². The Kier molecular flexibility index (Phi) is 2.85. The second kappa shape index (κ2) is 4.30. The highest BCUT2D eigenvalue weighted by molar-refractivity contribution is 6.70. The summed E-state index contributed by atoms with van der Waals surface area (Å²) in [5.74, 6) is 0.729. The summed E-state index contributed by atoms with van der Waals surface area (Å²) >= 11 is 0. The van der Waals surface area contributed by atoms with Crippen LogP contribution in [0.4, 0.5) is 0 Å². The minimum atomic E-state index is 0.573. The van der Waals surface area contributed by atoms with Crippen molar-refractivity contribution < 1.29 is 4.52 Å². The van der Waals surface area contributed by atoms with Crippen LogP contribution < -0.4 is 5.46 Å². The third-order valence-corrected chi connectivity index (χ3v) is 2.42. The number of nitrogens with zero attached hydrogens (tertiary/aromatic N) is 2. The number of hydrogen-bond donors (Lipinski definition) is 0. The molecule has 0 aliphatic heterocycles. The Bertz CT molecular complexity index is 409. The first-order valence-corrected chi connectivity index (χ1v) is 5.10. The summed E-state index contributed by atoms with van der Waals surface area (Å²) in [6.45, 7) is 4.95. The standard InChI is InChI=1S/C11H13BN2O/c1-12(2)10-5-3-9(4-6-10)7-11-13-8-15-14-11/h3-6,8H,7H2,1-2H3. The molecule has 0 spiro atoms. The Hall–Kier alpha value is -1.58. The van der Waals surface area contributed by atoms with E-state index in [1.165, 1.54) is 17.4 Å². The lowest BCUT2D eigenvalue weighted by atomic mass is 9.49. The van der Waals surface area contributed by atoms with Gasteiger partial charge in [-0.05, 0) is 5.56 Å². The van der Waals surface area contributed by atoms with Crippen LogP contribution in [0.5, 0.6) is 0 Å². The van der Waals surface area contributed by atoms with Crippen LogP contribution in [0.1, 0.15) is 11.4 Å². The van der Waals surface area contributed by atoms with Crippen molar-refractivity contribution in [1.82, 2.24) is 10.1 Å². The van der Waals surface area contributed by atoms with E-state index in [-0.39, 0.29) is 0 Å². The van der Waals surface area contributed by atoms with E-state index in [1.54, 1.807) is 0 Å². The maximum Gasteiger partial charge on any atom is 0.213 e. The normalized spacial score (nSPS) is 10.3. The van der Waals surface area contributed by atoms with Crippen molar-refractivity contribution in [2.24, 2.45) is 0 Å². The Morgan fingerprint density at radius 3 is 2.47 bits per heavy atom. The van der Waals surface area contributed by atoms with E-state index in [9.17, 15) is 0 Å². The molecule has 3 nitrogen and oxygen atoms in total. The lowest BCUT2D eigenvalue weighted by Crippen LogP contribution is -2.21. The van der Waals surface area contributed by atoms with Crippen LogP contribution in [0.2, 0.25) is 13.6 Å². The van der Waals surface area contributed by atoms with Gasteiger partial charge in [0.2, 0.25) is 6.39 Å². The molecule has 0 unspecified atom stereocenters. The molecule has 2 aromatic rings. The molecule has 2 rings (SSSR count). The number of rotatable bonds is 3. The van der Waals surface area contributed by atoms with E-state index in [0.717, 1.165) is 12.2 Å². The van der Waals surface area contributed by atoms with E-state index in [4.69, 9.17) is 0 Å². The van der Waals surface area contributed by atoms with Crippen molar-refractivity contribution in [3.05, 3.63) is 42.0 Å². The van der Waals surface area contributed by atoms with Gasteiger partial charge in [-0.25, -0.2) is 0 Å². The molecule has 0 atom stereocenters. The Balaban J connectivity index is 2.11. The van der Waals surface area contributed by atoms with Crippen LogP contribution in [0.15, 0.2) is 35.2 Å². The summed E-state index contributed by atoms with van der Waals surface area (Å²) in [4.78, 5) is 3.99. The topological polar surface area (TPSA) is 38.9 Å². The molecular weight excluding hydrogens is 187 g/mol. The van der Waals surface area contributed by atoms with Crippen molar-refractivity contribution >= 4 is 12.2 Å². The summed E-state index contributed by atoms with van der Waals surface area (Å²) in [5.41, 5.74) is 2.56. The average molecular weight is 200 g/mol. The fourth-order valence-electron chi connectivity index (χ4n) is 1.47. The summed E-state index contributed by atoms with van der Waals surface area (Å²) in [7, 11) is 0. The van der Waals surface area contributed by atoms with Crippen LogP contribution >= 0.6 is 0 Å². The molecule has 0 radical (unpaired) electrons. The maximum atomic E-state index is 4.69. The SMILES string of the molecule is CB(C)c1ccc(Cc2ncon2)cc1. The largest absolute Gasteiger partial charge is 0.343 e. The third kappa shape index (κ3) is 2.46. The quantitative estimate of drug-likeness (QED) is 0.706. The van der Waals surface area contributed by atoms with E-state index in [2.05, 4.69) is 52.6 Å². The zero-order valence-electron chi connectivity index (χ0n) is 8.97. The minimum absolute atomic E-state index is 0.573. The summed E-state index contributed by atoms with van der Waals surface area (Å²) < 4.78 is 4.69. The van der Waals surface area contributed by atoms with Crippen LogP contribution in [-0.2, 0) is 6.42 Å². The van der Waals surface area contributed by atoms with Gasteiger partial charge in [-0.1, -0.05) is 48.5 Å². The van der Waals surface area contributed by atoms with Gasteiger partial charge in [0, 0.05) is 6.42 Å². The molecule has 0 saturated heterocycles. The van der Waals surface area contributed by atoms with E-state index in [0.29, 0.717) is 6.71 Å². The molecule has 0 saturated carbocycles. The van der Waals surface area contributed by atoms with Crippen molar-refractivity contribution in [1.29, 1.82) is 0 Å². The predicted octanol–water partition coefficient (Wildman–Crippen LogP) is 1.62. The van der Waals surface area contributed by atoms with Crippen molar-refractivity contribution in [2.75, 3.05) is 0 Å². The molecule has 0 fully saturated rings. The molecule has 0 aliphatic carbocycles. The lowest BCUT2D eigenvalue weighted by Gasteiger charge is -2.03.